The summed E-state index contributed by atoms with van der Waals surface area (Å²) in [7, 11) is -4.31. The van der Waals surface area contributed by atoms with Crippen molar-refractivity contribution in [1.29, 1.82) is 0 Å². The smallest absolute Gasteiger partial charge is 0.294 e. The lowest BCUT2D eigenvalue weighted by Gasteiger charge is -2.32. The Morgan fingerprint density at radius 2 is 1.60 bits per heavy atom. The number of para-hydroxylation sites is 1. The van der Waals surface area contributed by atoms with E-state index in [1.807, 2.05) is 30.6 Å². The zero-order chi connectivity index (χ0) is 32.4. The standard InChI is InChI=1S/C38H47N3O3S/c1-7-9-25-40-33-14-12-11-13-31(33)37(3,4)35(40)19-15-28(29-21-23-39-24-22-29)16-20-36-38(5,6)32-27-30(45(42,43)44)17-18-34(32)41(36)26-10-8-2/h11-24,27,35H,7-10,25-26H2,1-6H3,(H,42,43,44)/b19-15+,28-16-,36-20+. The third-order valence-electron chi connectivity index (χ3n) is 9.52. The first kappa shape index (κ1) is 32.7. The van der Waals surface area contributed by atoms with Crippen molar-refractivity contribution < 1.29 is 13.0 Å². The highest BCUT2D eigenvalue weighted by Gasteiger charge is 2.43. The van der Waals surface area contributed by atoms with Gasteiger partial charge in [-0.1, -0.05) is 90.8 Å². The largest absolute Gasteiger partial charge is 0.364 e. The number of pyridine rings is 1. The van der Waals surface area contributed by atoms with E-state index in [1.54, 1.807) is 6.07 Å². The van der Waals surface area contributed by atoms with Crippen LogP contribution in [0.2, 0.25) is 0 Å². The van der Waals surface area contributed by atoms with Crippen LogP contribution < -0.4 is 9.80 Å². The van der Waals surface area contributed by atoms with Gasteiger partial charge in [-0.2, -0.15) is 8.42 Å². The molecule has 1 unspecified atom stereocenters. The van der Waals surface area contributed by atoms with Gasteiger partial charge in [-0.25, -0.2) is 0 Å². The molecule has 0 fully saturated rings. The van der Waals surface area contributed by atoms with Crippen LogP contribution >= 0.6 is 0 Å². The number of aromatic nitrogens is 1. The van der Waals surface area contributed by atoms with E-state index in [4.69, 9.17) is 0 Å². The van der Waals surface area contributed by atoms with E-state index in [0.29, 0.717) is 0 Å². The fraction of sp³-hybridized carbons (Fsp3) is 0.395. The highest BCUT2D eigenvalue weighted by Crippen LogP contribution is 2.49. The molecule has 0 amide bonds. The summed E-state index contributed by atoms with van der Waals surface area (Å²) in [6.45, 7) is 15.2. The van der Waals surface area contributed by atoms with E-state index in [2.05, 4.69) is 105 Å². The summed E-state index contributed by atoms with van der Waals surface area (Å²) >= 11 is 0. The lowest BCUT2D eigenvalue weighted by molar-refractivity contribution is 0.471. The third kappa shape index (κ3) is 6.38. The molecule has 238 valence electrons. The second-order valence-corrected chi connectivity index (χ2v) is 14.7. The molecule has 2 aliphatic heterocycles. The second kappa shape index (κ2) is 13.0. The van der Waals surface area contributed by atoms with Crippen molar-refractivity contribution in [2.24, 2.45) is 0 Å². The fourth-order valence-electron chi connectivity index (χ4n) is 6.93. The lowest BCUT2D eigenvalue weighted by atomic mass is 9.80. The van der Waals surface area contributed by atoms with Crippen molar-refractivity contribution in [2.75, 3.05) is 22.9 Å². The Hall–Kier alpha value is -3.68. The summed E-state index contributed by atoms with van der Waals surface area (Å²) in [5, 5.41) is 0. The number of anilines is 2. The van der Waals surface area contributed by atoms with Gasteiger partial charge in [0, 0.05) is 53.4 Å². The Morgan fingerprint density at radius 1 is 0.911 bits per heavy atom. The van der Waals surface area contributed by atoms with Crippen molar-refractivity contribution in [3.63, 3.8) is 0 Å². The first-order chi connectivity index (χ1) is 21.4. The zero-order valence-electron chi connectivity index (χ0n) is 27.5. The van der Waals surface area contributed by atoms with Crippen LogP contribution in [0.5, 0.6) is 0 Å². The Labute approximate surface area is 269 Å². The normalized spacial score (nSPS) is 19.8. The van der Waals surface area contributed by atoms with Crippen LogP contribution in [0, 0.1) is 0 Å². The minimum Gasteiger partial charge on any atom is -0.364 e. The van der Waals surface area contributed by atoms with Crippen LogP contribution in [-0.2, 0) is 20.9 Å². The van der Waals surface area contributed by atoms with Crippen LogP contribution in [0.25, 0.3) is 5.57 Å². The molecule has 1 atom stereocenters. The number of unbranched alkanes of at least 4 members (excludes halogenated alkanes) is 2. The zero-order valence-corrected chi connectivity index (χ0v) is 28.3. The maximum Gasteiger partial charge on any atom is 0.294 e. The summed E-state index contributed by atoms with van der Waals surface area (Å²) < 4.78 is 33.9. The first-order valence-electron chi connectivity index (χ1n) is 16.2. The molecule has 0 bridgehead atoms. The molecule has 6 nitrogen and oxygen atoms in total. The van der Waals surface area contributed by atoms with Gasteiger partial charge in [-0.05, 0) is 77.6 Å². The molecule has 45 heavy (non-hydrogen) atoms. The van der Waals surface area contributed by atoms with Crippen molar-refractivity contribution in [1.82, 2.24) is 4.98 Å². The minimum absolute atomic E-state index is 0.0561. The monoisotopic (exact) mass is 625 g/mol. The number of nitrogens with zero attached hydrogens (tertiary/aromatic N) is 3. The highest BCUT2D eigenvalue weighted by atomic mass is 32.2. The van der Waals surface area contributed by atoms with Gasteiger partial charge in [-0.15, -0.1) is 0 Å². The van der Waals surface area contributed by atoms with Crippen LogP contribution in [0.1, 0.15) is 83.9 Å². The summed E-state index contributed by atoms with van der Waals surface area (Å²) in [6.07, 6.45) is 17.0. The molecule has 5 rings (SSSR count). The molecule has 3 aromatic rings. The SMILES string of the molecule is CCCCN1/C(=C/C=C(/C=C/C2N(CCCC)c3ccccc3C2(C)C)c2ccncc2)C(C)(C)c2cc(S(=O)(=O)O)ccc21. The summed E-state index contributed by atoms with van der Waals surface area (Å²) in [6, 6.07) is 18.0. The molecule has 2 aromatic carbocycles. The molecule has 7 heteroatoms. The molecule has 0 saturated heterocycles. The molecule has 0 saturated carbocycles. The van der Waals surface area contributed by atoms with Crippen molar-refractivity contribution in [3.8, 4) is 0 Å². The van der Waals surface area contributed by atoms with Gasteiger partial charge >= 0.3 is 0 Å². The van der Waals surface area contributed by atoms with Gasteiger partial charge in [-0.3, -0.25) is 9.54 Å². The highest BCUT2D eigenvalue weighted by molar-refractivity contribution is 7.85. The van der Waals surface area contributed by atoms with Gasteiger partial charge in [0.15, 0.2) is 0 Å². The van der Waals surface area contributed by atoms with Crippen molar-refractivity contribution in [2.45, 2.75) is 89.0 Å². The third-order valence-corrected chi connectivity index (χ3v) is 10.4. The maximum absolute atomic E-state index is 12.0. The molecule has 0 radical (unpaired) electrons. The molecule has 0 aliphatic carbocycles. The molecule has 1 aromatic heterocycles. The molecular formula is C38H47N3O3S. The predicted molar refractivity (Wildman–Crippen MR) is 186 cm³/mol. The van der Waals surface area contributed by atoms with E-state index in [9.17, 15) is 13.0 Å². The average Bonchev–Trinajstić information content (AvgIpc) is 3.36. The van der Waals surface area contributed by atoms with Crippen LogP contribution in [0.15, 0.2) is 102 Å². The van der Waals surface area contributed by atoms with Crippen LogP contribution in [0.3, 0.4) is 0 Å². The Balaban J connectivity index is 1.59. The van der Waals surface area contributed by atoms with Crippen molar-refractivity contribution >= 4 is 27.1 Å². The van der Waals surface area contributed by atoms with Gasteiger partial charge in [0.25, 0.3) is 10.1 Å². The van der Waals surface area contributed by atoms with Crippen LogP contribution in [0.4, 0.5) is 11.4 Å². The lowest BCUT2D eigenvalue weighted by Crippen LogP contribution is -2.40. The number of allylic oxidation sites excluding steroid dienone is 5. The van der Waals surface area contributed by atoms with Gasteiger partial charge in [0.05, 0.1) is 10.9 Å². The number of fused-ring (bicyclic) bond motifs is 2. The van der Waals surface area contributed by atoms with E-state index < -0.39 is 15.5 Å². The van der Waals surface area contributed by atoms with Gasteiger partial charge < -0.3 is 9.80 Å². The predicted octanol–water partition coefficient (Wildman–Crippen LogP) is 8.72. The molecule has 2 aliphatic rings. The molecule has 3 heterocycles. The van der Waals surface area contributed by atoms with Crippen molar-refractivity contribution in [3.05, 3.63) is 114 Å². The van der Waals surface area contributed by atoms with Gasteiger partial charge in [0.2, 0.25) is 0 Å². The van der Waals surface area contributed by atoms with E-state index in [0.717, 1.165) is 66.9 Å². The first-order valence-corrected chi connectivity index (χ1v) is 17.6. The number of rotatable bonds is 11. The maximum atomic E-state index is 12.0. The Bertz CT molecular complexity index is 1720. The Kier molecular flexibility index (Phi) is 9.43. The van der Waals surface area contributed by atoms with Crippen LogP contribution in [-0.4, -0.2) is 37.1 Å². The second-order valence-electron chi connectivity index (χ2n) is 13.3. The van der Waals surface area contributed by atoms with E-state index in [1.165, 1.54) is 17.3 Å². The number of hydrogen-bond donors (Lipinski definition) is 1. The van der Waals surface area contributed by atoms with E-state index in [-0.39, 0.29) is 16.4 Å². The topological polar surface area (TPSA) is 73.7 Å². The van der Waals surface area contributed by atoms with Gasteiger partial charge in [0.1, 0.15) is 0 Å². The number of hydrogen-bond acceptors (Lipinski definition) is 5. The summed E-state index contributed by atoms with van der Waals surface area (Å²) in [4.78, 5) is 9.07. The minimum atomic E-state index is -4.31. The quantitative estimate of drug-likeness (QED) is 0.170. The number of benzene rings is 2. The molecule has 1 N–H and O–H groups in total. The fourth-order valence-corrected chi connectivity index (χ4v) is 7.44. The summed E-state index contributed by atoms with van der Waals surface area (Å²) in [5.41, 5.74) is 7.30. The van der Waals surface area contributed by atoms with E-state index >= 15 is 0 Å². The summed E-state index contributed by atoms with van der Waals surface area (Å²) in [5.74, 6) is 0. The average molecular weight is 626 g/mol. The molecular weight excluding hydrogens is 579 g/mol. The Morgan fingerprint density at radius 3 is 2.29 bits per heavy atom. The molecule has 0 spiro atoms.